The highest BCUT2D eigenvalue weighted by atomic mass is 32.2. The van der Waals surface area contributed by atoms with E-state index in [1.807, 2.05) is 6.92 Å². The third kappa shape index (κ3) is 4.48. The Bertz CT molecular complexity index is 646. The second-order valence-corrected chi connectivity index (χ2v) is 8.96. The summed E-state index contributed by atoms with van der Waals surface area (Å²) < 4.78 is 30.3. The maximum Gasteiger partial charge on any atom is 0.152 e. The average Bonchev–Trinajstić information content (AvgIpc) is 2.60. The lowest BCUT2D eigenvalue weighted by Crippen LogP contribution is -2.37. The van der Waals surface area contributed by atoms with Crippen molar-refractivity contribution in [1.29, 1.82) is 5.26 Å². The molecule has 3 atom stereocenters. The Morgan fingerprint density at radius 3 is 2.52 bits per heavy atom. The van der Waals surface area contributed by atoms with Gasteiger partial charge in [0.2, 0.25) is 0 Å². The van der Waals surface area contributed by atoms with Gasteiger partial charge in [0.15, 0.2) is 9.84 Å². The van der Waals surface area contributed by atoms with E-state index in [2.05, 4.69) is 6.07 Å². The molecule has 1 aliphatic rings. The topological polar surface area (TPSA) is 67.2 Å². The van der Waals surface area contributed by atoms with E-state index < -0.39 is 9.84 Å². The van der Waals surface area contributed by atoms with Gasteiger partial charge in [0.1, 0.15) is 5.75 Å². The molecule has 0 bridgehead atoms. The second-order valence-electron chi connectivity index (χ2n) is 6.31. The molecule has 5 heteroatoms. The average molecular weight is 335 g/mol. The van der Waals surface area contributed by atoms with Gasteiger partial charge in [-0.25, -0.2) is 8.42 Å². The zero-order valence-corrected chi connectivity index (χ0v) is 14.7. The molecule has 2 unspecified atom stereocenters. The molecule has 1 fully saturated rings. The number of hydrogen-bond donors (Lipinski definition) is 0. The van der Waals surface area contributed by atoms with Gasteiger partial charge in [-0.2, -0.15) is 5.26 Å². The van der Waals surface area contributed by atoms with Crippen LogP contribution in [0.5, 0.6) is 5.75 Å². The van der Waals surface area contributed by atoms with E-state index in [0.29, 0.717) is 12.2 Å². The molecule has 4 nitrogen and oxygen atoms in total. The number of nitriles is 1. The van der Waals surface area contributed by atoms with Gasteiger partial charge in [-0.05, 0) is 55.9 Å². The lowest BCUT2D eigenvalue weighted by Gasteiger charge is -2.35. The van der Waals surface area contributed by atoms with Crippen LogP contribution in [0.15, 0.2) is 24.3 Å². The molecule has 0 radical (unpaired) electrons. The van der Waals surface area contributed by atoms with Crippen LogP contribution in [0.2, 0.25) is 0 Å². The van der Waals surface area contributed by atoms with Gasteiger partial charge in [0.05, 0.1) is 23.5 Å². The summed E-state index contributed by atoms with van der Waals surface area (Å²) in [5, 5.41) is 8.51. The maximum atomic E-state index is 12.2. The van der Waals surface area contributed by atoms with Crippen LogP contribution >= 0.6 is 0 Å². The van der Waals surface area contributed by atoms with Crippen LogP contribution in [-0.4, -0.2) is 26.0 Å². The first-order valence-corrected chi connectivity index (χ1v) is 10.0. The molecule has 1 aliphatic carbocycles. The molecule has 0 amide bonds. The number of nitrogens with zero attached hydrogens (tertiary/aromatic N) is 1. The van der Waals surface area contributed by atoms with Crippen molar-refractivity contribution >= 4 is 9.84 Å². The minimum absolute atomic E-state index is 0.173. The predicted molar refractivity (Wildman–Crippen MR) is 91.0 cm³/mol. The number of benzene rings is 1. The molecule has 126 valence electrons. The summed E-state index contributed by atoms with van der Waals surface area (Å²) in [6.45, 7) is 4.11. The van der Waals surface area contributed by atoms with Crippen LogP contribution in [0.1, 0.15) is 45.1 Å². The van der Waals surface area contributed by atoms with Crippen LogP contribution in [0.25, 0.3) is 0 Å². The Hall–Kier alpha value is -1.54. The molecular formula is C18H25NO3S. The van der Waals surface area contributed by atoms with Crippen molar-refractivity contribution in [2.45, 2.75) is 44.8 Å². The van der Waals surface area contributed by atoms with Crippen LogP contribution in [-0.2, 0) is 9.84 Å². The molecule has 23 heavy (non-hydrogen) atoms. The molecule has 0 aliphatic heterocycles. The fourth-order valence-electron chi connectivity index (χ4n) is 3.42. The summed E-state index contributed by atoms with van der Waals surface area (Å²) >= 11 is 0. The monoisotopic (exact) mass is 335 g/mol. The summed E-state index contributed by atoms with van der Waals surface area (Å²) in [6.07, 6.45) is 4.21. The summed E-state index contributed by atoms with van der Waals surface area (Å²) in [6, 6.07) is 9.14. The predicted octanol–water partition coefficient (Wildman–Crippen LogP) is 3.57. The van der Waals surface area contributed by atoms with E-state index >= 15 is 0 Å². The summed E-state index contributed by atoms with van der Waals surface area (Å²) in [5.74, 6) is 1.38. The molecule has 0 N–H and O–H groups in total. The van der Waals surface area contributed by atoms with E-state index in [-0.39, 0.29) is 22.8 Å². The summed E-state index contributed by atoms with van der Waals surface area (Å²) in [4.78, 5) is 0. The molecule has 1 aromatic carbocycles. The zero-order chi connectivity index (χ0) is 16.9. The normalized spacial score (nSPS) is 23.0. The Balaban J connectivity index is 2.02. The van der Waals surface area contributed by atoms with E-state index in [1.54, 1.807) is 31.2 Å². The maximum absolute atomic E-state index is 12.2. The third-order valence-corrected chi connectivity index (χ3v) is 7.27. The first-order chi connectivity index (χ1) is 11.0. The van der Waals surface area contributed by atoms with E-state index in [0.717, 1.165) is 31.4 Å². The summed E-state index contributed by atoms with van der Waals surface area (Å²) in [7, 11) is -3.01. The first-order valence-electron chi connectivity index (χ1n) is 8.32. The lowest BCUT2D eigenvalue weighted by molar-refractivity contribution is 0.147. The smallest absolute Gasteiger partial charge is 0.152 e. The molecule has 2 rings (SSSR count). The van der Waals surface area contributed by atoms with Gasteiger partial charge >= 0.3 is 0 Å². The van der Waals surface area contributed by atoms with Gasteiger partial charge in [-0.15, -0.1) is 0 Å². The highest BCUT2D eigenvalue weighted by Crippen LogP contribution is 2.35. The molecule has 1 saturated carbocycles. The van der Waals surface area contributed by atoms with Crippen LogP contribution in [0.4, 0.5) is 0 Å². The Morgan fingerprint density at radius 2 is 1.91 bits per heavy atom. The minimum Gasteiger partial charge on any atom is -0.493 e. The van der Waals surface area contributed by atoms with Crippen molar-refractivity contribution in [2.24, 2.45) is 11.8 Å². The summed E-state index contributed by atoms with van der Waals surface area (Å²) in [5.41, 5.74) is 0.607. The standard InChI is InChI=1S/C18H25NO3S/c1-3-23(20,21)14(2)18-7-5-4-6-16(18)13-22-17-10-8-15(12-19)9-11-17/h8-11,14,16,18H,3-7,13H2,1-2H3/t14?,16-,18?/m1/s1. The van der Waals surface area contributed by atoms with Gasteiger partial charge in [-0.3, -0.25) is 0 Å². The largest absolute Gasteiger partial charge is 0.493 e. The van der Waals surface area contributed by atoms with Gasteiger partial charge in [-0.1, -0.05) is 19.8 Å². The number of ether oxygens (including phenoxy) is 1. The van der Waals surface area contributed by atoms with Crippen molar-refractivity contribution in [1.82, 2.24) is 0 Å². The van der Waals surface area contributed by atoms with Crippen molar-refractivity contribution in [2.75, 3.05) is 12.4 Å². The number of hydrogen-bond acceptors (Lipinski definition) is 4. The van der Waals surface area contributed by atoms with Gasteiger partial charge in [0.25, 0.3) is 0 Å². The Morgan fingerprint density at radius 1 is 1.26 bits per heavy atom. The molecular weight excluding hydrogens is 310 g/mol. The molecule has 0 spiro atoms. The number of sulfone groups is 1. The molecule has 0 saturated heterocycles. The van der Waals surface area contributed by atoms with Crippen molar-refractivity contribution in [3.8, 4) is 11.8 Å². The fourth-order valence-corrected chi connectivity index (χ4v) is 4.84. The van der Waals surface area contributed by atoms with Crippen molar-refractivity contribution in [3.63, 3.8) is 0 Å². The lowest BCUT2D eigenvalue weighted by atomic mass is 9.78. The minimum atomic E-state index is -3.01. The second kappa shape index (κ2) is 7.83. The zero-order valence-electron chi connectivity index (χ0n) is 13.9. The Kier molecular flexibility index (Phi) is 6.06. The number of rotatable bonds is 6. The van der Waals surface area contributed by atoms with E-state index in [1.165, 1.54) is 0 Å². The van der Waals surface area contributed by atoms with E-state index in [9.17, 15) is 8.42 Å². The SMILES string of the molecule is CCS(=O)(=O)C(C)C1CCCC[C@@H]1COc1ccc(C#N)cc1. The van der Waals surface area contributed by atoms with E-state index in [4.69, 9.17) is 10.00 Å². The molecule has 0 aromatic heterocycles. The van der Waals surface area contributed by atoms with Crippen LogP contribution in [0, 0.1) is 23.2 Å². The first kappa shape index (κ1) is 17.8. The third-order valence-electron chi connectivity index (χ3n) is 4.99. The van der Waals surface area contributed by atoms with Crippen LogP contribution < -0.4 is 4.74 Å². The highest BCUT2D eigenvalue weighted by molar-refractivity contribution is 7.91. The van der Waals surface area contributed by atoms with Crippen LogP contribution in [0.3, 0.4) is 0 Å². The van der Waals surface area contributed by atoms with Gasteiger partial charge < -0.3 is 4.74 Å². The molecule has 0 heterocycles. The van der Waals surface area contributed by atoms with Crippen molar-refractivity contribution < 1.29 is 13.2 Å². The fraction of sp³-hybridized carbons (Fsp3) is 0.611. The van der Waals surface area contributed by atoms with Gasteiger partial charge in [0, 0.05) is 5.75 Å². The molecule has 1 aromatic rings. The Labute approximate surface area is 139 Å². The van der Waals surface area contributed by atoms with Crippen molar-refractivity contribution in [3.05, 3.63) is 29.8 Å². The highest BCUT2D eigenvalue weighted by Gasteiger charge is 2.35. The quantitative estimate of drug-likeness (QED) is 0.797.